The van der Waals surface area contributed by atoms with E-state index in [4.69, 9.17) is 15.6 Å². The Bertz CT molecular complexity index is 295. The van der Waals surface area contributed by atoms with Gasteiger partial charge in [0.2, 0.25) is 0 Å². The number of carbonyl (C=O) groups is 2. The van der Waals surface area contributed by atoms with Gasteiger partial charge in [0.15, 0.2) is 0 Å². The highest BCUT2D eigenvalue weighted by molar-refractivity contribution is 5.81. The fourth-order valence-electron chi connectivity index (χ4n) is 0.852. The predicted octanol–water partition coefficient (Wildman–Crippen LogP) is -1.44. The molecule has 0 saturated heterocycles. The van der Waals surface area contributed by atoms with Crippen molar-refractivity contribution in [3.63, 3.8) is 0 Å². The maximum absolute atomic E-state index is 11.1. The van der Waals surface area contributed by atoms with Gasteiger partial charge in [0.25, 0.3) is 5.09 Å². The lowest BCUT2D eigenvalue weighted by Gasteiger charge is -2.09. The van der Waals surface area contributed by atoms with Gasteiger partial charge in [-0.1, -0.05) is 0 Å². The molecular formula is C8H14N2O8. The number of nitrogens with zero attached hydrogens (tertiary/aromatic N) is 1. The Hall–Kier alpha value is -1.94. The Morgan fingerprint density at radius 2 is 1.89 bits per heavy atom. The van der Waals surface area contributed by atoms with E-state index < -0.39 is 29.5 Å². The molecule has 0 aliphatic rings. The summed E-state index contributed by atoms with van der Waals surface area (Å²) in [7, 11) is 0. The number of rotatable bonds is 10. The average Bonchev–Trinajstić information content (AvgIpc) is 2.26. The fourth-order valence-corrected chi connectivity index (χ4v) is 0.852. The fraction of sp³-hybridized carbons (Fsp3) is 0.750. The van der Waals surface area contributed by atoms with Crippen LogP contribution < -0.4 is 5.73 Å². The van der Waals surface area contributed by atoms with Gasteiger partial charge >= 0.3 is 11.9 Å². The number of nitrogens with two attached hydrogens (primary N) is 1. The molecular weight excluding hydrogens is 252 g/mol. The van der Waals surface area contributed by atoms with E-state index in [1.54, 1.807) is 0 Å². The zero-order valence-corrected chi connectivity index (χ0v) is 9.44. The zero-order chi connectivity index (χ0) is 14.0. The lowest BCUT2D eigenvalue weighted by molar-refractivity contribution is -0.758. The second-order valence-electron chi connectivity index (χ2n) is 3.04. The molecule has 0 rings (SSSR count). The van der Waals surface area contributed by atoms with Gasteiger partial charge in [-0.15, -0.1) is 10.1 Å². The summed E-state index contributed by atoms with van der Waals surface area (Å²) in [5.74, 6) is -2.05. The van der Waals surface area contributed by atoms with Crippen molar-refractivity contribution in [2.45, 2.75) is 12.5 Å². The van der Waals surface area contributed by atoms with Crippen LogP contribution in [0.1, 0.15) is 6.42 Å². The number of esters is 1. The first-order valence-corrected chi connectivity index (χ1v) is 4.92. The molecule has 0 radical (unpaired) electrons. The first-order chi connectivity index (χ1) is 8.43. The molecule has 10 nitrogen and oxygen atoms in total. The highest BCUT2D eigenvalue weighted by atomic mass is 17.0. The van der Waals surface area contributed by atoms with Gasteiger partial charge in [-0.05, 0) is 0 Å². The Labute approximate surface area is 102 Å². The summed E-state index contributed by atoms with van der Waals surface area (Å²) in [6, 6.07) is -1.22. The molecule has 0 spiro atoms. The normalized spacial score (nSPS) is 11.6. The van der Waals surface area contributed by atoms with Crippen molar-refractivity contribution in [1.29, 1.82) is 0 Å². The molecule has 104 valence electrons. The number of carbonyl (C=O) groups excluding carboxylic acids is 1. The van der Waals surface area contributed by atoms with Crippen molar-refractivity contribution < 1.29 is 34.1 Å². The molecule has 3 N–H and O–H groups in total. The van der Waals surface area contributed by atoms with Crippen molar-refractivity contribution in [1.82, 2.24) is 0 Å². The van der Waals surface area contributed by atoms with Crippen LogP contribution in [-0.2, 0) is 23.9 Å². The molecule has 0 heterocycles. The molecule has 0 bridgehead atoms. The number of aliphatic carboxylic acids is 1. The molecule has 1 unspecified atom stereocenters. The van der Waals surface area contributed by atoms with E-state index in [0.717, 1.165) is 0 Å². The number of ether oxygens (including phenoxy) is 2. The molecule has 0 aromatic rings. The van der Waals surface area contributed by atoms with E-state index in [9.17, 15) is 19.7 Å². The summed E-state index contributed by atoms with van der Waals surface area (Å²) in [6.07, 6.45) is -0.517. The van der Waals surface area contributed by atoms with Gasteiger partial charge in [0.1, 0.15) is 19.3 Å². The van der Waals surface area contributed by atoms with Crippen LogP contribution in [0.4, 0.5) is 0 Å². The largest absolute Gasteiger partial charge is 0.481 e. The van der Waals surface area contributed by atoms with Gasteiger partial charge in [-0.25, -0.2) is 0 Å². The van der Waals surface area contributed by atoms with Crippen LogP contribution in [0.3, 0.4) is 0 Å². The number of hydrogen-bond acceptors (Lipinski definition) is 8. The molecule has 0 aliphatic carbocycles. The SMILES string of the molecule is NC(CC(=O)O)C(=O)OCCOCCO[N+](=O)[O-]. The lowest BCUT2D eigenvalue weighted by atomic mass is 10.2. The summed E-state index contributed by atoms with van der Waals surface area (Å²) >= 11 is 0. The van der Waals surface area contributed by atoms with Crippen LogP contribution in [0.15, 0.2) is 0 Å². The minimum Gasteiger partial charge on any atom is -0.481 e. The van der Waals surface area contributed by atoms with Crippen LogP contribution in [-0.4, -0.2) is 54.6 Å². The van der Waals surface area contributed by atoms with Crippen molar-refractivity contribution in [3.8, 4) is 0 Å². The smallest absolute Gasteiger partial charge is 0.323 e. The zero-order valence-electron chi connectivity index (χ0n) is 9.44. The molecule has 0 aromatic carbocycles. The van der Waals surface area contributed by atoms with E-state index in [1.165, 1.54) is 0 Å². The van der Waals surface area contributed by atoms with Crippen LogP contribution >= 0.6 is 0 Å². The average molecular weight is 266 g/mol. The monoisotopic (exact) mass is 266 g/mol. The Balaban J connectivity index is 3.45. The molecule has 0 aromatic heterocycles. The molecule has 0 amide bonds. The summed E-state index contributed by atoms with van der Waals surface area (Å²) in [4.78, 5) is 35.0. The minimum atomic E-state index is -1.22. The maximum Gasteiger partial charge on any atom is 0.323 e. The van der Waals surface area contributed by atoms with Crippen LogP contribution in [0.25, 0.3) is 0 Å². The quantitative estimate of drug-likeness (QED) is 0.209. The van der Waals surface area contributed by atoms with E-state index >= 15 is 0 Å². The third kappa shape index (κ3) is 9.30. The molecule has 0 aliphatic heterocycles. The third-order valence-electron chi connectivity index (χ3n) is 1.59. The van der Waals surface area contributed by atoms with Gasteiger partial charge in [0, 0.05) is 0 Å². The Morgan fingerprint density at radius 1 is 1.28 bits per heavy atom. The summed E-state index contributed by atoms with van der Waals surface area (Å²) in [5, 5.41) is 17.2. The first kappa shape index (κ1) is 16.1. The van der Waals surface area contributed by atoms with Gasteiger partial charge in [0.05, 0.1) is 19.6 Å². The molecule has 0 fully saturated rings. The summed E-state index contributed by atoms with van der Waals surface area (Å²) < 4.78 is 9.44. The molecule has 0 saturated carbocycles. The highest BCUT2D eigenvalue weighted by Crippen LogP contribution is 1.92. The maximum atomic E-state index is 11.1. The second-order valence-corrected chi connectivity index (χ2v) is 3.04. The topological polar surface area (TPSA) is 151 Å². The van der Waals surface area contributed by atoms with Crippen molar-refractivity contribution >= 4 is 11.9 Å². The standard InChI is InChI=1S/C8H14N2O8/c9-6(5-7(11)12)8(13)17-3-1-16-2-4-18-10(14)15/h6H,1-5,9H2,(H,11,12). The molecule has 1 atom stereocenters. The van der Waals surface area contributed by atoms with Crippen LogP contribution in [0.2, 0.25) is 0 Å². The van der Waals surface area contributed by atoms with Crippen LogP contribution in [0, 0.1) is 10.1 Å². The number of hydrogen-bond donors (Lipinski definition) is 2. The third-order valence-corrected chi connectivity index (χ3v) is 1.59. The van der Waals surface area contributed by atoms with E-state index in [1.807, 2.05) is 0 Å². The second kappa shape index (κ2) is 9.13. The number of carboxylic acid groups (broad SMARTS) is 1. The summed E-state index contributed by atoms with van der Waals surface area (Å²) in [6.45, 7) is -0.365. The van der Waals surface area contributed by atoms with E-state index in [2.05, 4.69) is 9.57 Å². The number of carboxylic acids is 1. The van der Waals surface area contributed by atoms with Crippen LogP contribution in [0.5, 0.6) is 0 Å². The molecule has 10 heteroatoms. The van der Waals surface area contributed by atoms with Gasteiger partial charge in [-0.2, -0.15) is 0 Å². The van der Waals surface area contributed by atoms with E-state index in [-0.39, 0.29) is 26.4 Å². The minimum absolute atomic E-state index is 0.00655. The predicted molar refractivity (Wildman–Crippen MR) is 55.0 cm³/mol. The highest BCUT2D eigenvalue weighted by Gasteiger charge is 2.18. The summed E-state index contributed by atoms with van der Waals surface area (Å²) in [5.41, 5.74) is 5.22. The lowest BCUT2D eigenvalue weighted by Crippen LogP contribution is -2.35. The Morgan fingerprint density at radius 3 is 2.44 bits per heavy atom. The van der Waals surface area contributed by atoms with Crippen molar-refractivity contribution in [2.24, 2.45) is 5.73 Å². The Kier molecular flexibility index (Phi) is 8.14. The van der Waals surface area contributed by atoms with Gasteiger partial charge in [-0.3, -0.25) is 9.59 Å². The molecule has 18 heavy (non-hydrogen) atoms. The van der Waals surface area contributed by atoms with Gasteiger partial charge < -0.3 is 25.2 Å². The van der Waals surface area contributed by atoms with Crippen molar-refractivity contribution in [3.05, 3.63) is 10.1 Å². The van der Waals surface area contributed by atoms with Crippen molar-refractivity contribution in [2.75, 3.05) is 26.4 Å². The van der Waals surface area contributed by atoms with E-state index in [0.29, 0.717) is 0 Å². The first-order valence-electron chi connectivity index (χ1n) is 4.92.